The minimum absolute atomic E-state index is 0.0644. The lowest BCUT2D eigenvalue weighted by Gasteiger charge is -2.40. The van der Waals surface area contributed by atoms with Gasteiger partial charge in [0.05, 0.1) is 23.0 Å². The smallest absolute Gasteiger partial charge is 0.355 e. The second-order valence-electron chi connectivity index (χ2n) is 12.5. The fraction of sp³-hybridized carbons (Fsp3) is 0.343. The number of benzene rings is 1. The summed E-state index contributed by atoms with van der Waals surface area (Å²) in [4.78, 5) is 46.4. The Hall–Kier alpha value is -4.97. The molecule has 47 heavy (non-hydrogen) atoms. The third-order valence-corrected chi connectivity index (χ3v) is 8.47. The molecule has 0 aliphatic carbocycles. The molecule has 10 nitrogen and oxygen atoms in total. The van der Waals surface area contributed by atoms with Gasteiger partial charge in [-0.3, -0.25) is 9.78 Å². The highest BCUT2D eigenvalue weighted by atomic mass is 19.1. The molecule has 5 aromatic rings. The molecule has 1 fully saturated rings. The number of anilines is 1. The van der Waals surface area contributed by atoms with Crippen LogP contribution in [-0.4, -0.2) is 81.5 Å². The first kappa shape index (κ1) is 32.0. The molecule has 0 radical (unpaired) electrons. The van der Waals surface area contributed by atoms with Gasteiger partial charge in [-0.05, 0) is 63.7 Å². The summed E-state index contributed by atoms with van der Waals surface area (Å²) in [5, 5.41) is 0.865. The Labute approximate surface area is 271 Å². The minimum atomic E-state index is -0.771. The van der Waals surface area contributed by atoms with Crippen LogP contribution in [0.15, 0.2) is 64.2 Å². The molecule has 0 N–H and O–H groups in total. The number of nitrogens with zero attached hydrogens (tertiary/aromatic N) is 7. The van der Waals surface area contributed by atoms with Gasteiger partial charge >= 0.3 is 5.69 Å². The van der Waals surface area contributed by atoms with Crippen molar-refractivity contribution in [2.24, 2.45) is 0 Å². The summed E-state index contributed by atoms with van der Waals surface area (Å²) in [6.45, 7) is 9.47. The summed E-state index contributed by atoms with van der Waals surface area (Å²) in [7, 11) is 3.85. The number of furan rings is 1. The average molecular weight is 642 g/mol. The molecule has 1 aromatic carbocycles. The molecular weight excluding hydrogens is 604 g/mol. The van der Waals surface area contributed by atoms with Crippen LogP contribution in [0.5, 0.6) is 0 Å². The molecule has 12 heteroatoms. The van der Waals surface area contributed by atoms with E-state index in [-0.39, 0.29) is 46.0 Å². The summed E-state index contributed by atoms with van der Waals surface area (Å²) in [6.07, 6.45) is 6.50. The number of amides is 1. The van der Waals surface area contributed by atoms with E-state index in [4.69, 9.17) is 9.40 Å². The van der Waals surface area contributed by atoms with Crippen LogP contribution in [-0.2, 0) is 4.79 Å². The van der Waals surface area contributed by atoms with Crippen molar-refractivity contribution in [3.05, 3.63) is 88.3 Å². The molecule has 0 bridgehead atoms. The van der Waals surface area contributed by atoms with Crippen LogP contribution in [0.2, 0.25) is 0 Å². The van der Waals surface area contributed by atoms with Crippen LogP contribution < -0.4 is 10.6 Å². The van der Waals surface area contributed by atoms with Crippen molar-refractivity contribution in [1.82, 2.24) is 29.3 Å². The molecule has 1 aliphatic heterocycles. The van der Waals surface area contributed by atoms with Gasteiger partial charge in [-0.25, -0.2) is 23.1 Å². The summed E-state index contributed by atoms with van der Waals surface area (Å²) in [5.74, 6) is -1.40. The number of carbonyl (C=O) groups is 1. The lowest BCUT2D eigenvalue weighted by molar-refractivity contribution is -0.126. The molecule has 244 valence electrons. The predicted octanol–water partition coefficient (Wildman–Crippen LogP) is 5.45. The zero-order valence-electron chi connectivity index (χ0n) is 27.3. The van der Waals surface area contributed by atoms with Crippen molar-refractivity contribution in [3.63, 3.8) is 0 Å². The van der Waals surface area contributed by atoms with E-state index in [0.717, 1.165) is 5.56 Å². The van der Waals surface area contributed by atoms with Gasteiger partial charge in [0.15, 0.2) is 5.65 Å². The van der Waals surface area contributed by atoms with E-state index in [1.807, 2.05) is 57.7 Å². The van der Waals surface area contributed by atoms with E-state index in [1.165, 1.54) is 29.0 Å². The Morgan fingerprint density at radius 1 is 1.13 bits per heavy atom. The van der Waals surface area contributed by atoms with Crippen molar-refractivity contribution >= 4 is 33.7 Å². The number of fused-ring (bicyclic) bond motifs is 2. The molecule has 0 spiro atoms. The number of rotatable bonds is 7. The standard InChI is InChI=1S/C35H37F2N7O3/c1-20(2)30-32(21(3)9-11-38-30)44-34-25(17-27(37)31(39-34)24-16-23-10-15-47-28(23)18-26(24)36)33(40-35(44)46)43-14-13-42(19-22(43)4)29(45)8-7-12-41(5)6/h7-11,15-18,20,22H,12-14,19H2,1-6H3. The molecule has 1 amide bonds. The molecule has 1 unspecified atom stereocenters. The molecule has 6 rings (SSSR count). The zero-order valence-corrected chi connectivity index (χ0v) is 27.3. The number of aryl methyl sites for hydroxylation is 1. The van der Waals surface area contributed by atoms with Crippen molar-refractivity contribution in [1.29, 1.82) is 0 Å². The van der Waals surface area contributed by atoms with E-state index >= 15 is 8.78 Å². The summed E-state index contributed by atoms with van der Waals surface area (Å²) in [5.41, 5.74) is 1.41. The quantitative estimate of drug-likeness (QED) is 0.216. The molecule has 1 aliphatic rings. The first-order chi connectivity index (χ1) is 22.4. The highest BCUT2D eigenvalue weighted by molar-refractivity contribution is 5.92. The Kier molecular flexibility index (Phi) is 8.63. The first-order valence-corrected chi connectivity index (χ1v) is 15.6. The van der Waals surface area contributed by atoms with Crippen LogP contribution in [0.4, 0.5) is 14.6 Å². The van der Waals surface area contributed by atoms with E-state index in [9.17, 15) is 9.59 Å². The van der Waals surface area contributed by atoms with Gasteiger partial charge in [0.1, 0.15) is 28.7 Å². The lowest BCUT2D eigenvalue weighted by Crippen LogP contribution is -2.54. The third-order valence-electron chi connectivity index (χ3n) is 8.47. The van der Waals surface area contributed by atoms with Crippen molar-refractivity contribution in [2.75, 3.05) is 45.2 Å². The van der Waals surface area contributed by atoms with E-state index in [2.05, 4.69) is 9.97 Å². The predicted molar refractivity (Wildman–Crippen MR) is 178 cm³/mol. The fourth-order valence-corrected chi connectivity index (χ4v) is 6.11. The number of hydrogen-bond acceptors (Lipinski definition) is 8. The van der Waals surface area contributed by atoms with Crippen molar-refractivity contribution < 1.29 is 18.0 Å². The number of aromatic nitrogens is 4. The van der Waals surface area contributed by atoms with E-state index < -0.39 is 17.3 Å². The van der Waals surface area contributed by atoms with Crippen molar-refractivity contribution in [2.45, 2.75) is 39.7 Å². The second kappa shape index (κ2) is 12.7. The summed E-state index contributed by atoms with van der Waals surface area (Å²) in [6, 6.07) is 7.14. The topological polar surface area (TPSA) is 101 Å². The van der Waals surface area contributed by atoms with Gasteiger partial charge in [0.25, 0.3) is 0 Å². The van der Waals surface area contributed by atoms with Gasteiger partial charge in [-0.1, -0.05) is 19.9 Å². The number of pyridine rings is 2. The maximum Gasteiger partial charge on any atom is 0.355 e. The minimum Gasteiger partial charge on any atom is -0.464 e. The molecule has 1 atom stereocenters. The number of piperazine rings is 1. The number of hydrogen-bond donors (Lipinski definition) is 0. The summed E-state index contributed by atoms with van der Waals surface area (Å²) >= 11 is 0. The molecular formula is C35H37F2N7O3. The molecule has 0 saturated carbocycles. The van der Waals surface area contributed by atoms with Crippen LogP contribution in [0, 0.1) is 18.6 Å². The number of halogens is 2. The van der Waals surface area contributed by atoms with Crippen LogP contribution in [0.3, 0.4) is 0 Å². The van der Waals surface area contributed by atoms with E-state index in [1.54, 1.807) is 29.3 Å². The van der Waals surface area contributed by atoms with Crippen molar-refractivity contribution in [3.8, 4) is 16.9 Å². The summed E-state index contributed by atoms with van der Waals surface area (Å²) < 4.78 is 38.3. The fourth-order valence-electron chi connectivity index (χ4n) is 6.11. The molecule has 1 saturated heterocycles. The normalized spacial score (nSPS) is 15.7. The largest absolute Gasteiger partial charge is 0.464 e. The van der Waals surface area contributed by atoms with Crippen LogP contribution >= 0.6 is 0 Å². The van der Waals surface area contributed by atoms with Crippen LogP contribution in [0.1, 0.15) is 37.9 Å². The van der Waals surface area contributed by atoms with Crippen LogP contribution in [0.25, 0.3) is 38.9 Å². The Balaban J connectivity index is 1.53. The Morgan fingerprint density at radius 2 is 1.91 bits per heavy atom. The SMILES string of the molecule is Cc1ccnc(C(C)C)c1-n1c(=O)nc(N2CCN(C(=O)C=CCN(C)C)CC2C)c2cc(F)c(-c3cc4ccoc4cc3F)nc21. The maximum absolute atomic E-state index is 16.2. The highest BCUT2D eigenvalue weighted by Gasteiger charge is 2.31. The third kappa shape index (κ3) is 6.00. The lowest BCUT2D eigenvalue weighted by atomic mass is 10.0. The average Bonchev–Trinajstić information content (AvgIpc) is 3.47. The van der Waals surface area contributed by atoms with Gasteiger partial charge in [0.2, 0.25) is 5.91 Å². The molecule has 4 aromatic heterocycles. The monoisotopic (exact) mass is 641 g/mol. The first-order valence-electron chi connectivity index (χ1n) is 15.6. The maximum atomic E-state index is 16.2. The number of carbonyl (C=O) groups excluding carboxylic acids is 1. The zero-order chi connectivity index (χ0) is 33.6. The van der Waals surface area contributed by atoms with E-state index in [0.29, 0.717) is 48.5 Å². The van der Waals surface area contributed by atoms with Gasteiger partial charge in [0, 0.05) is 61.5 Å². The van der Waals surface area contributed by atoms with Gasteiger partial charge in [-0.2, -0.15) is 4.98 Å². The number of likely N-dealkylation sites (N-methyl/N-ethyl adjacent to an activating group) is 1. The Bertz CT molecular complexity index is 2090. The second-order valence-corrected chi connectivity index (χ2v) is 12.5. The van der Waals surface area contributed by atoms with Gasteiger partial charge < -0.3 is 19.1 Å². The highest BCUT2D eigenvalue weighted by Crippen LogP contribution is 2.35. The Morgan fingerprint density at radius 3 is 2.64 bits per heavy atom. The van der Waals surface area contributed by atoms with Gasteiger partial charge in [-0.15, -0.1) is 0 Å². The molecule has 5 heterocycles.